The van der Waals surface area contributed by atoms with Crippen LogP contribution in [0, 0.1) is 5.41 Å². The van der Waals surface area contributed by atoms with Crippen molar-refractivity contribution in [3.05, 3.63) is 0 Å². The van der Waals surface area contributed by atoms with Gasteiger partial charge in [-0.15, -0.1) is 0 Å². The molecule has 0 saturated heterocycles. The first-order chi connectivity index (χ1) is 7.40. The molecule has 6 heteroatoms. The van der Waals surface area contributed by atoms with Gasteiger partial charge in [-0.1, -0.05) is 0 Å². The van der Waals surface area contributed by atoms with Crippen molar-refractivity contribution in [1.82, 2.24) is 10.6 Å². The maximum atomic E-state index is 11.2. The summed E-state index contributed by atoms with van der Waals surface area (Å²) in [5.41, 5.74) is -0.954. The lowest BCUT2D eigenvalue weighted by Crippen LogP contribution is -2.43. The average Bonchev–Trinajstić information content (AvgIpc) is 2.21. The van der Waals surface area contributed by atoms with Crippen LogP contribution in [0.15, 0.2) is 0 Å². The molecule has 3 N–H and O–H groups in total. The Kier molecular flexibility index (Phi) is 6.48. The summed E-state index contributed by atoms with van der Waals surface area (Å²) in [6.45, 7) is 4.30. The van der Waals surface area contributed by atoms with E-state index in [0.29, 0.717) is 13.2 Å². The molecule has 0 saturated carbocycles. The number of amides is 2. The first-order valence-corrected chi connectivity index (χ1v) is 5.14. The van der Waals surface area contributed by atoms with Crippen LogP contribution in [0.3, 0.4) is 0 Å². The number of ether oxygens (including phenoxy) is 1. The number of urea groups is 1. The van der Waals surface area contributed by atoms with Crippen molar-refractivity contribution in [2.24, 2.45) is 5.41 Å². The van der Waals surface area contributed by atoms with Gasteiger partial charge in [0.2, 0.25) is 0 Å². The standard InChI is InChI=1S/C10H20N2O4/c1-10(2,8(13)14)7-12-9(15)11-5-4-6-16-3/h4-7H2,1-3H3,(H,13,14)(H2,11,12,15). The maximum Gasteiger partial charge on any atom is 0.314 e. The van der Waals surface area contributed by atoms with Crippen LogP contribution in [0.2, 0.25) is 0 Å². The Labute approximate surface area is 95.4 Å². The predicted octanol–water partition coefficient (Wildman–Crippen LogP) is 0.433. The summed E-state index contributed by atoms with van der Waals surface area (Å²) in [6.07, 6.45) is 0.728. The number of carboxylic acids is 1. The van der Waals surface area contributed by atoms with Gasteiger partial charge in [0.05, 0.1) is 5.41 Å². The van der Waals surface area contributed by atoms with E-state index in [1.54, 1.807) is 21.0 Å². The molecule has 0 aliphatic carbocycles. The highest BCUT2D eigenvalue weighted by Gasteiger charge is 2.27. The quantitative estimate of drug-likeness (QED) is 0.555. The van der Waals surface area contributed by atoms with E-state index in [0.717, 1.165) is 6.42 Å². The van der Waals surface area contributed by atoms with Gasteiger partial charge in [0, 0.05) is 26.8 Å². The van der Waals surface area contributed by atoms with Crippen LogP contribution in [-0.4, -0.2) is 43.9 Å². The monoisotopic (exact) mass is 232 g/mol. The first kappa shape index (κ1) is 14.7. The van der Waals surface area contributed by atoms with E-state index >= 15 is 0 Å². The van der Waals surface area contributed by atoms with Gasteiger partial charge >= 0.3 is 12.0 Å². The Morgan fingerprint density at radius 2 is 1.94 bits per heavy atom. The number of hydrogen-bond acceptors (Lipinski definition) is 3. The third kappa shape index (κ3) is 6.23. The minimum atomic E-state index is -0.954. The number of rotatable bonds is 7. The van der Waals surface area contributed by atoms with Crippen molar-refractivity contribution in [2.75, 3.05) is 26.8 Å². The van der Waals surface area contributed by atoms with Gasteiger partial charge in [0.25, 0.3) is 0 Å². The molecule has 16 heavy (non-hydrogen) atoms. The second kappa shape index (κ2) is 7.05. The summed E-state index contributed by atoms with van der Waals surface area (Å²) in [6, 6.07) is -0.356. The van der Waals surface area contributed by atoms with Gasteiger partial charge in [0.1, 0.15) is 0 Å². The summed E-state index contributed by atoms with van der Waals surface area (Å²) in [7, 11) is 1.59. The molecule has 0 aromatic heterocycles. The van der Waals surface area contributed by atoms with Crippen LogP contribution in [0.25, 0.3) is 0 Å². The van der Waals surface area contributed by atoms with Gasteiger partial charge in [-0.2, -0.15) is 0 Å². The van der Waals surface area contributed by atoms with E-state index in [4.69, 9.17) is 9.84 Å². The van der Waals surface area contributed by atoms with Crippen molar-refractivity contribution in [2.45, 2.75) is 20.3 Å². The summed E-state index contributed by atoms with van der Waals surface area (Å²) >= 11 is 0. The lowest BCUT2D eigenvalue weighted by molar-refractivity contribution is -0.146. The number of methoxy groups -OCH3 is 1. The zero-order valence-corrected chi connectivity index (χ0v) is 10.0. The van der Waals surface area contributed by atoms with Crippen molar-refractivity contribution >= 4 is 12.0 Å². The maximum absolute atomic E-state index is 11.2. The molecule has 2 amide bonds. The number of aliphatic carboxylic acids is 1. The second-order valence-corrected chi connectivity index (χ2v) is 4.14. The summed E-state index contributed by atoms with van der Waals surface area (Å²) < 4.78 is 4.82. The SMILES string of the molecule is COCCCNC(=O)NCC(C)(C)C(=O)O. The Morgan fingerprint density at radius 3 is 2.44 bits per heavy atom. The minimum absolute atomic E-state index is 0.0957. The number of hydrogen-bond donors (Lipinski definition) is 3. The molecule has 6 nitrogen and oxygen atoms in total. The Balaban J connectivity index is 3.69. The van der Waals surface area contributed by atoms with Crippen LogP contribution in [0.4, 0.5) is 4.79 Å². The molecule has 0 radical (unpaired) electrons. The van der Waals surface area contributed by atoms with Crippen LogP contribution < -0.4 is 10.6 Å². The van der Waals surface area contributed by atoms with Gasteiger partial charge in [-0.3, -0.25) is 4.79 Å². The molecule has 0 bridgehead atoms. The summed E-state index contributed by atoms with van der Waals surface area (Å²) in [5.74, 6) is -0.938. The molecule has 0 atom stereocenters. The highest BCUT2D eigenvalue weighted by molar-refractivity contribution is 5.77. The topological polar surface area (TPSA) is 87.7 Å². The third-order valence-electron chi connectivity index (χ3n) is 2.08. The molecule has 0 spiro atoms. The largest absolute Gasteiger partial charge is 0.481 e. The fourth-order valence-electron chi connectivity index (χ4n) is 0.858. The highest BCUT2D eigenvalue weighted by Crippen LogP contribution is 2.12. The molecule has 0 aromatic carbocycles. The average molecular weight is 232 g/mol. The van der Waals surface area contributed by atoms with Crippen molar-refractivity contribution in [3.63, 3.8) is 0 Å². The van der Waals surface area contributed by atoms with E-state index in [-0.39, 0.29) is 12.6 Å². The number of carbonyl (C=O) groups is 2. The van der Waals surface area contributed by atoms with Crippen LogP contribution in [0.5, 0.6) is 0 Å². The second-order valence-electron chi connectivity index (χ2n) is 4.14. The molecule has 0 unspecified atom stereocenters. The third-order valence-corrected chi connectivity index (χ3v) is 2.08. The zero-order chi connectivity index (χ0) is 12.6. The smallest absolute Gasteiger partial charge is 0.314 e. The Bertz CT molecular complexity index is 241. The molecule has 0 fully saturated rings. The van der Waals surface area contributed by atoms with Gasteiger partial charge in [-0.05, 0) is 20.3 Å². The number of carbonyl (C=O) groups excluding carboxylic acids is 1. The summed E-state index contributed by atoms with van der Waals surface area (Å²) in [4.78, 5) is 22.0. The van der Waals surface area contributed by atoms with Crippen LogP contribution in [0.1, 0.15) is 20.3 Å². The van der Waals surface area contributed by atoms with Gasteiger partial charge in [0.15, 0.2) is 0 Å². The lowest BCUT2D eigenvalue weighted by atomic mass is 9.94. The van der Waals surface area contributed by atoms with E-state index in [1.165, 1.54) is 0 Å². The van der Waals surface area contributed by atoms with E-state index < -0.39 is 11.4 Å². The molecule has 0 aromatic rings. The number of nitrogens with one attached hydrogen (secondary N) is 2. The van der Waals surface area contributed by atoms with Gasteiger partial charge < -0.3 is 20.5 Å². The molecule has 94 valence electrons. The molecular formula is C10H20N2O4. The van der Waals surface area contributed by atoms with E-state index in [1.807, 2.05) is 0 Å². The Hall–Kier alpha value is -1.30. The molecule has 0 heterocycles. The fraction of sp³-hybridized carbons (Fsp3) is 0.800. The zero-order valence-electron chi connectivity index (χ0n) is 10.0. The van der Waals surface area contributed by atoms with E-state index in [2.05, 4.69) is 10.6 Å². The van der Waals surface area contributed by atoms with Gasteiger partial charge in [-0.25, -0.2) is 4.79 Å². The van der Waals surface area contributed by atoms with E-state index in [9.17, 15) is 9.59 Å². The Morgan fingerprint density at radius 1 is 1.31 bits per heavy atom. The van der Waals surface area contributed by atoms with Crippen LogP contribution in [-0.2, 0) is 9.53 Å². The molecule has 0 aliphatic heterocycles. The minimum Gasteiger partial charge on any atom is -0.481 e. The lowest BCUT2D eigenvalue weighted by Gasteiger charge is -2.19. The normalized spacial score (nSPS) is 10.9. The fourth-order valence-corrected chi connectivity index (χ4v) is 0.858. The summed E-state index contributed by atoms with van der Waals surface area (Å²) in [5, 5.41) is 13.9. The van der Waals surface area contributed by atoms with Crippen molar-refractivity contribution in [1.29, 1.82) is 0 Å². The molecular weight excluding hydrogens is 212 g/mol. The van der Waals surface area contributed by atoms with Crippen LogP contribution >= 0.6 is 0 Å². The number of carboxylic acid groups (broad SMARTS) is 1. The first-order valence-electron chi connectivity index (χ1n) is 5.14. The molecule has 0 aliphatic rings. The van der Waals surface area contributed by atoms with Crippen molar-refractivity contribution < 1.29 is 19.4 Å². The predicted molar refractivity (Wildman–Crippen MR) is 59.3 cm³/mol. The highest BCUT2D eigenvalue weighted by atomic mass is 16.5. The van der Waals surface area contributed by atoms with Crippen molar-refractivity contribution in [3.8, 4) is 0 Å². The molecule has 0 rings (SSSR count).